The molecule has 1 saturated heterocycles. The lowest BCUT2D eigenvalue weighted by molar-refractivity contribution is -0.928. The van der Waals surface area contributed by atoms with Crippen molar-refractivity contribution in [2.24, 2.45) is 0 Å². The molecule has 0 bridgehead atoms. The van der Waals surface area contributed by atoms with Crippen LogP contribution < -0.4 is 10.3 Å². The number of hydrogen-bond acceptors (Lipinski definition) is 2. The van der Waals surface area contributed by atoms with E-state index in [0.717, 1.165) is 47.4 Å². The van der Waals surface area contributed by atoms with Gasteiger partial charge in [-0.15, -0.1) is 0 Å². The normalized spacial score (nSPS) is 25.0. The van der Waals surface area contributed by atoms with Crippen molar-refractivity contribution in [3.63, 3.8) is 0 Å². The quantitative estimate of drug-likeness (QED) is 0.885. The second kappa shape index (κ2) is 6.10. The summed E-state index contributed by atoms with van der Waals surface area (Å²) in [4.78, 5) is 17.9. The highest BCUT2D eigenvalue weighted by Gasteiger charge is 2.27. The zero-order valence-corrected chi connectivity index (χ0v) is 14.7. The summed E-state index contributed by atoms with van der Waals surface area (Å²) >= 11 is 0. The van der Waals surface area contributed by atoms with E-state index in [1.165, 1.54) is 10.5 Å². The monoisotopic (exact) mass is 315 g/mol. The van der Waals surface area contributed by atoms with E-state index in [0.29, 0.717) is 0 Å². The number of pyridine rings is 1. The molecule has 0 radical (unpaired) electrons. The molecule has 2 atom stereocenters. The fourth-order valence-corrected chi connectivity index (χ4v) is 3.96. The molecule has 1 aliphatic rings. The number of aryl methyl sites for hydroxylation is 3. The van der Waals surface area contributed by atoms with Crippen LogP contribution >= 0.6 is 0 Å². The van der Waals surface area contributed by atoms with Crippen LogP contribution in [-0.4, -0.2) is 30.3 Å². The largest absolute Gasteiger partial charge is 0.364 e. The summed E-state index contributed by atoms with van der Waals surface area (Å²) in [5, 5.41) is 0.838. The van der Waals surface area contributed by atoms with Gasteiger partial charge in [0.05, 0.1) is 11.1 Å². The average molecular weight is 315 g/mol. The van der Waals surface area contributed by atoms with Gasteiger partial charge in [-0.05, 0) is 51.8 Å². The molecule has 2 N–H and O–H groups in total. The molecule has 0 spiro atoms. The number of morpholine rings is 1. The van der Waals surface area contributed by atoms with Gasteiger partial charge in [-0.1, -0.05) is 6.07 Å². The topological polar surface area (TPSA) is 46.5 Å². The highest BCUT2D eigenvalue weighted by atomic mass is 16.5. The molecule has 4 nitrogen and oxygen atoms in total. The lowest BCUT2D eigenvalue weighted by Gasteiger charge is -2.32. The second-order valence-corrected chi connectivity index (χ2v) is 7.15. The maximum atomic E-state index is 13.1. The summed E-state index contributed by atoms with van der Waals surface area (Å²) in [6.07, 6.45) is 0.496. The number of rotatable bonds is 2. The number of aromatic amines is 1. The number of ether oxygens (including phenoxy) is 1. The highest BCUT2D eigenvalue weighted by molar-refractivity contribution is 5.83. The SMILES string of the molecule is Cc1cc(C)c2c(=O)c(C[NH+]3CC(C)OC(C)C3)c(C)[nH]c2c1. The Kier molecular flexibility index (Phi) is 4.30. The molecule has 3 rings (SSSR count). The van der Waals surface area contributed by atoms with Crippen molar-refractivity contribution in [1.29, 1.82) is 0 Å². The first-order valence-electron chi connectivity index (χ1n) is 8.47. The number of aromatic nitrogens is 1. The minimum absolute atomic E-state index is 0.188. The molecule has 124 valence electrons. The van der Waals surface area contributed by atoms with E-state index in [9.17, 15) is 4.79 Å². The van der Waals surface area contributed by atoms with Crippen LogP contribution in [0, 0.1) is 20.8 Å². The Bertz CT molecular complexity index is 784. The van der Waals surface area contributed by atoms with Crippen molar-refractivity contribution >= 4 is 10.9 Å². The maximum Gasteiger partial charge on any atom is 0.198 e. The molecule has 2 unspecified atom stereocenters. The van der Waals surface area contributed by atoms with Crippen LogP contribution in [0.4, 0.5) is 0 Å². The van der Waals surface area contributed by atoms with E-state index in [4.69, 9.17) is 4.74 Å². The first kappa shape index (κ1) is 16.2. The van der Waals surface area contributed by atoms with Crippen LogP contribution in [0.5, 0.6) is 0 Å². The van der Waals surface area contributed by atoms with Gasteiger partial charge in [0, 0.05) is 11.1 Å². The molecule has 1 aromatic heterocycles. The first-order valence-corrected chi connectivity index (χ1v) is 8.47. The Balaban J connectivity index is 2.03. The number of nitrogens with one attached hydrogen (secondary N) is 2. The number of quaternary nitrogens is 1. The Morgan fingerprint density at radius 1 is 1.17 bits per heavy atom. The summed E-state index contributed by atoms with van der Waals surface area (Å²) in [5.41, 5.74) is 5.29. The molecule has 2 aromatic rings. The summed E-state index contributed by atoms with van der Waals surface area (Å²) in [5.74, 6) is 0. The smallest absolute Gasteiger partial charge is 0.198 e. The first-order chi connectivity index (χ1) is 10.8. The second-order valence-electron chi connectivity index (χ2n) is 7.15. The van der Waals surface area contributed by atoms with E-state index in [2.05, 4.69) is 37.9 Å². The Hall–Kier alpha value is -1.65. The third-order valence-corrected chi connectivity index (χ3v) is 4.80. The van der Waals surface area contributed by atoms with Crippen LogP contribution in [0.1, 0.15) is 36.2 Å². The van der Waals surface area contributed by atoms with Crippen molar-refractivity contribution in [2.45, 2.75) is 53.4 Å². The van der Waals surface area contributed by atoms with E-state index in [-0.39, 0.29) is 17.6 Å². The lowest BCUT2D eigenvalue weighted by Crippen LogP contribution is -3.14. The average Bonchev–Trinajstić information content (AvgIpc) is 2.41. The molecule has 2 heterocycles. The summed E-state index contributed by atoms with van der Waals surface area (Å²) in [6.45, 7) is 13.0. The van der Waals surface area contributed by atoms with Crippen LogP contribution in [0.15, 0.2) is 16.9 Å². The van der Waals surface area contributed by atoms with E-state index < -0.39 is 0 Å². The van der Waals surface area contributed by atoms with Crippen molar-refractivity contribution < 1.29 is 9.64 Å². The van der Waals surface area contributed by atoms with Crippen LogP contribution in [0.25, 0.3) is 10.9 Å². The molecule has 0 saturated carbocycles. The molecule has 1 fully saturated rings. The van der Waals surface area contributed by atoms with Crippen molar-refractivity contribution in [2.75, 3.05) is 13.1 Å². The van der Waals surface area contributed by atoms with E-state index in [1.807, 2.05) is 13.8 Å². The van der Waals surface area contributed by atoms with Gasteiger partial charge in [-0.2, -0.15) is 0 Å². The molecule has 0 aliphatic carbocycles. The minimum atomic E-state index is 0.188. The maximum absolute atomic E-state index is 13.1. The van der Waals surface area contributed by atoms with Gasteiger partial charge in [-0.25, -0.2) is 0 Å². The Morgan fingerprint density at radius 3 is 2.48 bits per heavy atom. The molecule has 0 amide bonds. The predicted molar refractivity (Wildman–Crippen MR) is 93.2 cm³/mol. The van der Waals surface area contributed by atoms with Gasteiger partial charge in [-0.3, -0.25) is 4.79 Å². The Labute approximate surface area is 137 Å². The number of H-pyrrole nitrogens is 1. The molecule has 1 aromatic carbocycles. The van der Waals surface area contributed by atoms with Crippen molar-refractivity contribution in [3.05, 3.63) is 44.7 Å². The fraction of sp³-hybridized carbons (Fsp3) is 0.526. The van der Waals surface area contributed by atoms with E-state index >= 15 is 0 Å². The van der Waals surface area contributed by atoms with Crippen molar-refractivity contribution in [1.82, 2.24) is 4.98 Å². The third-order valence-electron chi connectivity index (χ3n) is 4.80. The predicted octanol–water partition coefficient (Wildman–Crippen LogP) is 1.65. The fourth-order valence-electron chi connectivity index (χ4n) is 3.96. The standard InChI is InChI=1S/C19H26N2O2/c1-11-6-12(2)18-17(7-11)20-15(5)16(19(18)22)10-21-8-13(3)23-14(4)9-21/h6-7,13-14H,8-10H2,1-5H3,(H,20,22)/p+1. The molecule has 23 heavy (non-hydrogen) atoms. The van der Waals surface area contributed by atoms with Crippen LogP contribution in [0.2, 0.25) is 0 Å². The Morgan fingerprint density at radius 2 is 1.83 bits per heavy atom. The number of fused-ring (bicyclic) bond motifs is 1. The number of benzene rings is 1. The lowest BCUT2D eigenvalue weighted by atomic mass is 10.0. The summed E-state index contributed by atoms with van der Waals surface area (Å²) < 4.78 is 5.81. The zero-order chi connectivity index (χ0) is 16.7. The van der Waals surface area contributed by atoms with Gasteiger partial charge in [0.2, 0.25) is 0 Å². The minimum Gasteiger partial charge on any atom is -0.364 e. The molecular formula is C19H27N2O2+. The van der Waals surface area contributed by atoms with Gasteiger partial charge in [0.1, 0.15) is 31.8 Å². The molecular weight excluding hydrogens is 288 g/mol. The highest BCUT2D eigenvalue weighted by Crippen LogP contribution is 2.17. The van der Waals surface area contributed by atoms with E-state index in [1.54, 1.807) is 0 Å². The zero-order valence-electron chi connectivity index (χ0n) is 14.7. The molecule has 1 aliphatic heterocycles. The van der Waals surface area contributed by atoms with Crippen LogP contribution in [0.3, 0.4) is 0 Å². The van der Waals surface area contributed by atoms with Crippen molar-refractivity contribution in [3.8, 4) is 0 Å². The summed E-state index contributed by atoms with van der Waals surface area (Å²) in [7, 11) is 0. The van der Waals surface area contributed by atoms with Gasteiger partial charge >= 0.3 is 0 Å². The van der Waals surface area contributed by atoms with Crippen LogP contribution in [-0.2, 0) is 11.3 Å². The molecule has 4 heteroatoms. The third kappa shape index (κ3) is 3.19. The van der Waals surface area contributed by atoms with Gasteiger partial charge in [0.25, 0.3) is 0 Å². The van der Waals surface area contributed by atoms with Gasteiger partial charge in [0.15, 0.2) is 5.43 Å². The summed E-state index contributed by atoms with van der Waals surface area (Å²) in [6, 6.07) is 4.15. The number of hydrogen-bond donors (Lipinski definition) is 2. The van der Waals surface area contributed by atoms with Gasteiger partial charge < -0.3 is 14.6 Å².